The average molecular weight is 1030 g/mol. The van der Waals surface area contributed by atoms with Gasteiger partial charge in [0.05, 0.1) is 40.7 Å². The van der Waals surface area contributed by atoms with Crippen molar-refractivity contribution >= 4 is 65.7 Å². The maximum absolute atomic E-state index is 10.2. The van der Waals surface area contributed by atoms with Crippen molar-refractivity contribution in [2.45, 2.75) is 0 Å². The minimum Gasteiger partial charge on any atom is -0.545 e. The van der Waals surface area contributed by atoms with Gasteiger partial charge in [-0.1, -0.05) is 102 Å². The molecule has 6 aromatic rings. The number of aromatic nitrogens is 3. The first kappa shape index (κ1) is 44.5. The topological polar surface area (TPSA) is 192 Å². The number of carboxylic acids is 3. The third kappa shape index (κ3) is 16.0. The molecular formula is C36H26Br3N3O7Yb+. The molecule has 3 aromatic carbocycles. The summed E-state index contributed by atoms with van der Waals surface area (Å²) < 4.78 is 2.58. The van der Waals surface area contributed by atoms with Gasteiger partial charge in [0.2, 0.25) is 0 Å². The summed E-state index contributed by atoms with van der Waals surface area (Å²) >= 11 is 9.54. The van der Waals surface area contributed by atoms with E-state index >= 15 is 0 Å². The summed E-state index contributed by atoms with van der Waals surface area (Å²) in [6.45, 7) is 0. The van der Waals surface area contributed by atoms with Gasteiger partial charge in [-0.25, -0.2) is 4.98 Å². The van der Waals surface area contributed by atoms with E-state index in [-0.39, 0.29) is 69.1 Å². The Morgan fingerprint density at radius 2 is 0.700 bits per heavy atom. The maximum atomic E-state index is 10.2. The van der Waals surface area contributed by atoms with Crippen LogP contribution in [0.1, 0.15) is 31.1 Å². The van der Waals surface area contributed by atoms with Gasteiger partial charge in [-0.15, -0.1) is 0 Å². The zero-order valence-electron chi connectivity index (χ0n) is 25.5. The molecular weight excluding hydrogens is 999 g/mol. The molecule has 3 N–H and O–H groups in total. The number of carbonyl (C=O) groups excluding carboxylic acids is 3. The van der Waals surface area contributed by atoms with Crippen LogP contribution in [-0.4, -0.2) is 32.9 Å². The van der Waals surface area contributed by atoms with E-state index in [0.29, 0.717) is 0 Å². The van der Waals surface area contributed by atoms with Crippen molar-refractivity contribution in [3.8, 4) is 22.8 Å². The monoisotopic (exact) mass is 1020 g/mol. The van der Waals surface area contributed by atoms with Gasteiger partial charge in [-0.2, -0.15) is 0 Å². The zero-order chi connectivity index (χ0) is 34.9. The van der Waals surface area contributed by atoms with Gasteiger partial charge in [-0.05, 0) is 89.5 Å². The smallest absolute Gasteiger partial charge is 0.545 e. The molecule has 0 amide bonds. The molecule has 0 saturated heterocycles. The SMILES string of the molecule is O=C([O-])c1ccc(Br)cc1.O=C([O-])c1ccc(Br)cc1.O=C([O-])c1ccc(Br)cc1.[OH3+].[Yb+3].c1ccc(-c2cccc(-c3ccccn3)n2)nc1. The maximum Gasteiger partial charge on any atom is 3.00 e. The summed E-state index contributed by atoms with van der Waals surface area (Å²) in [7, 11) is 0. The van der Waals surface area contributed by atoms with E-state index in [1.165, 1.54) is 36.4 Å². The number of hydrogen-bond acceptors (Lipinski definition) is 9. The van der Waals surface area contributed by atoms with E-state index in [1.807, 2.05) is 54.6 Å². The molecule has 0 unspecified atom stereocenters. The van der Waals surface area contributed by atoms with Crippen molar-refractivity contribution in [2.24, 2.45) is 0 Å². The molecule has 50 heavy (non-hydrogen) atoms. The Morgan fingerprint density at radius 1 is 0.420 bits per heavy atom. The largest absolute Gasteiger partial charge is 3.00 e. The minimum atomic E-state index is -1.15. The third-order valence-electron chi connectivity index (χ3n) is 5.84. The van der Waals surface area contributed by atoms with Gasteiger partial charge < -0.3 is 35.2 Å². The van der Waals surface area contributed by atoms with E-state index in [1.54, 1.807) is 48.8 Å². The first-order valence-electron chi connectivity index (χ1n) is 13.7. The Morgan fingerprint density at radius 3 is 0.940 bits per heavy atom. The van der Waals surface area contributed by atoms with Gasteiger partial charge >= 0.3 is 46.9 Å². The summed E-state index contributed by atoms with van der Waals surface area (Å²) in [5.74, 6) is -3.44. The molecule has 0 spiro atoms. The molecule has 0 bridgehead atoms. The number of benzene rings is 3. The molecule has 0 aliphatic heterocycles. The van der Waals surface area contributed by atoms with Gasteiger partial charge in [0.15, 0.2) is 0 Å². The Bertz CT molecular complexity index is 1730. The number of carboxylic acid groups (broad SMARTS) is 3. The van der Waals surface area contributed by atoms with Crippen LogP contribution >= 0.6 is 47.8 Å². The summed E-state index contributed by atoms with van der Waals surface area (Å²) in [6, 6.07) is 36.3. The van der Waals surface area contributed by atoms with Crippen molar-refractivity contribution in [1.82, 2.24) is 15.0 Å². The van der Waals surface area contributed by atoms with Gasteiger partial charge in [0.1, 0.15) is 0 Å². The Hall–Kier alpha value is -3.56. The molecule has 0 atom stereocenters. The van der Waals surface area contributed by atoms with E-state index < -0.39 is 17.9 Å². The number of halogens is 3. The predicted octanol–water partition coefficient (Wildman–Crippen LogP) is 4.72. The number of aromatic carboxylic acids is 3. The molecule has 14 heteroatoms. The van der Waals surface area contributed by atoms with Gasteiger partial charge in [0, 0.05) is 25.8 Å². The zero-order valence-corrected chi connectivity index (χ0v) is 32.0. The van der Waals surface area contributed by atoms with Crippen molar-refractivity contribution in [3.63, 3.8) is 0 Å². The van der Waals surface area contributed by atoms with Gasteiger partial charge in [-0.3, -0.25) is 9.97 Å². The van der Waals surface area contributed by atoms with Crippen LogP contribution in [0, 0.1) is 46.9 Å². The average Bonchev–Trinajstić information content (AvgIpc) is 3.10. The van der Waals surface area contributed by atoms with Crippen LogP contribution in [0.25, 0.3) is 22.8 Å². The van der Waals surface area contributed by atoms with Crippen LogP contribution < -0.4 is 15.3 Å². The summed E-state index contributed by atoms with van der Waals surface area (Å²) in [6.07, 6.45) is 3.54. The number of carbonyl (C=O) groups is 3. The van der Waals surface area contributed by atoms with E-state index in [2.05, 4.69) is 62.7 Å². The standard InChI is InChI=1S/C15H11N3.3C7H5BrO2.H2O.Yb/c1-3-10-16-12(6-1)14-8-5-9-15(18-14)13-7-2-4-11-17-13;3*8-6-3-1-5(2-4-6)7(9)10;;/h1-11H;3*1-4H,(H,9,10);1H2;/q;;;;;+3/p-2. The van der Waals surface area contributed by atoms with Crippen LogP contribution in [0.4, 0.5) is 0 Å². The number of rotatable bonds is 5. The number of nitrogens with zero attached hydrogens (tertiary/aromatic N) is 3. The van der Waals surface area contributed by atoms with E-state index in [4.69, 9.17) is 0 Å². The quantitative estimate of drug-likeness (QED) is 0.220. The molecule has 261 valence electrons. The Labute approximate surface area is 351 Å². The Balaban J connectivity index is 0.000000344. The molecule has 0 saturated carbocycles. The second kappa shape index (κ2) is 23.8. The second-order valence-electron chi connectivity index (χ2n) is 9.22. The van der Waals surface area contributed by atoms with Crippen molar-refractivity contribution in [3.05, 3.63) is 170 Å². The van der Waals surface area contributed by atoms with Crippen LogP contribution in [0.5, 0.6) is 0 Å². The molecule has 10 nitrogen and oxygen atoms in total. The summed E-state index contributed by atoms with van der Waals surface area (Å²) in [5, 5.41) is 30.6. The van der Waals surface area contributed by atoms with E-state index in [9.17, 15) is 29.7 Å². The first-order chi connectivity index (χ1) is 23.0. The van der Waals surface area contributed by atoms with E-state index in [0.717, 1.165) is 36.2 Å². The molecule has 1 radical (unpaired) electrons. The molecule has 0 aliphatic carbocycles. The normalized spacial score (nSPS) is 9.26. The fourth-order valence-corrected chi connectivity index (χ4v) is 4.30. The molecule has 6 rings (SSSR count). The van der Waals surface area contributed by atoms with Crippen molar-refractivity contribution in [2.75, 3.05) is 0 Å². The van der Waals surface area contributed by atoms with Crippen LogP contribution in [0.15, 0.2) is 153 Å². The molecule has 3 heterocycles. The predicted molar refractivity (Wildman–Crippen MR) is 191 cm³/mol. The van der Waals surface area contributed by atoms with Crippen molar-refractivity contribution in [1.29, 1.82) is 0 Å². The van der Waals surface area contributed by atoms with Crippen LogP contribution in [0.3, 0.4) is 0 Å². The molecule has 0 fully saturated rings. The summed E-state index contributed by atoms with van der Waals surface area (Å²) in [4.78, 5) is 43.7. The van der Waals surface area contributed by atoms with Crippen LogP contribution in [-0.2, 0) is 5.48 Å². The second-order valence-corrected chi connectivity index (χ2v) is 12.0. The van der Waals surface area contributed by atoms with Crippen LogP contribution in [0.2, 0.25) is 0 Å². The molecule has 0 aliphatic rings. The summed E-state index contributed by atoms with van der Waals surface area (Å²) in [5.41, 5.74) is 4.05. The number of hydrogen-bond donors (Lipinski definition) is 0. The molecule has 3 aromatic heterocycles. The fraction of sp³-hybridized carbons (Fsp3) is 0. The van der Waals surface area contributed by atoms with Crippen molar-refractivity contribution < 1.29 is 82.1 Å². The fourth-order valence-electron chi connectivity index (χ4n) is 3.51. The Kier molecular flexibility index (Phi) is 21.1. The first-order valence-corrected chi connectivity index (χ1v) is 16.1. The number of pyridine rings is 3. The van der Waals surface area contributed by atoms with Gasteiger partial charge in [0.25, 0.3) is 0 Å². The third-order valence-corrected chi connectivity index (χ3v) is 7.43. The minimum absolute atomic E-state index is 0.